The van der Waals surface area contributed by atoms with E-state index in [0.717, 1.165) is 29.6 Å². The Morgan fingerprint density at radius 2 is 2.17 bits per heavy atom. The first-order valence-corrected chi connectivity index (χ1v) is 5.90. The lowest BCUT2D eigenvalue weighted by molar-refractivity contribution is 0.0698. The highest BCUT2D eigenvalue weighted by molar-refractivity contribution is 6.05. The van der Waals surface area contributed by atoms with Crippen LogP contribution in [0.3, 0.4) is 0 Å². The molecular weight excluding hydrogens is 230 g/mol. The smallest absolute Gasteiger partial charge is 0.337 e. The van der Waals surface area contributed by atoms with Gasteiger partial charge in [0.2, 0.25) is 0 Å². The Morgan fingerprint density at radius 3 is 2.83 bits per heavy atom. The summed E-state index contributed by atoms with van der Waals surface area (Å²) in [7, 11) is 0. The number of fused-ring (bicyclic) bond motifs is 1. The van der Waals surface area contributed by atoms with Crippen molar-refractivity contribution in [2.45, 2.75) is 25.8 Å². The molecule has 5 heteroatoms. The fourth-order valence-corrected chi connectivity index (χ4v) is 2.01. The van der Waals surface area contributed by atoms with Crippen LogP contribution in [-0.2, 0) is 0 Å². The summed E-state index contributed by atoms with van der Waals surface area (Å²) in [5.74, 6) is -0.228. The molecule has 1 aromatic carbocycles. The molecule has 1 fully saturated rings. The second-order valence-corrected chi connectivity index (χ2v) is 4.65. The lowest BCUT2D eigenvalue weighted by Crippen LogP contribution is -2.06. The van der Waals surface area contributed by atoms with Gasteiger partial charge >= 0.3 is 5.97 Å². The van der Waals surface area contributed by atoms with Crippen molar-refractivity contribution in [1.82, 2.24) is 9.97 Å². The molecule has 0 radical (unpaired) electrons. The third-order valence-corrected chi connectivity index (χ3v) is 3.03. The molecule has 1 saturated carbocycles. The number of aromatic nitrogens is 2. The van der Waals surface area contributed by atoms with Crippen molar-refractivity contribution in [3.63, 3.8) is 0 Å². The van der Waals surface area contributed by atoms with Gasteiger partial charge in [-0.05, 0) is 37.5 Å². The second kappa shape index (κ2) is 3.94. The molecule has 0 spiro atoms. The van der Waals surface area contributed by atoms with Gasteiger partial charge in [0.05, 0.1) is 11.1 Å². The maximum atomic E-state index is 11.2. The predicted molar refractivity (Wildman–Crippen MR) is 67.9 cm³/mol. The molecule has 5 nitrogen and oxygen atoms in total. The van der Waals surface area contributed by atoms with Gasteiger partial charge in [-0.15, -0.1) is 0 Å². The van der Waals surface area contributed by atoms with Crippen LogP contribution in [-0.4, -0.2) is 27.1 Å². The van der Waals surface area contributed by atoms with Crippen LogP contribution in [0.2, 0.25) is 0 Å². The van der Waals surface area contributed by atoms with Crippen LogP contribution >= 0.6 is 0 Å². The van der Waals surface area contributed by atoms with E-state index in [2.05, 4.69) is 15.3 Å². The SMILES string of the molecule is Cc1cc(C(=O)O)c2ncnc(NC3CC3)c2c1. The molecule has 1 aliphatic rings. The first-order chi connectivity index (χ1) is 8.65. The van der Waals surface area contributed by atoms with Crippen molar-refractivity contribution in [2.24, 2.45) is 0 Å². The van der Waals surface area contributed by atoms with Crippen molar-refractivity contribution in [2.75, 3.05) is 5.32 Å². The van der Waals surface area contributed by atoms with Gasteiger partial charge in [0.15, 0.2) is 0 Å². The molecule has 2 aromatic rings. The van der Waals surface area contributed by atoms with Gasteiger partial charge < -0.3 is 10.4 Å². The molecule has 0 amide bonds. The third-order valence-electron chi connectivity index (χ3n) is 3.03. The highest BCUT2D eigenvalue weighted by atomic mass is 16.4. The monoisotopic (exact) mass is 243 g/mol. The number of hydrogen-bond donors (Lipinski definition) is 2. The Balaban J connectivity index is 2.22. The molecule has 1 aliphatic carbocycles. The predicted octanol–water partition coefficient (Wildman–Crippen LogP) is 2.21. The Morgan fingerprint density at radius 1 is 1.39 bits per heavy atom. The van der Waals surface area contributed by atoms with E-state index in [1.165, 1.54) is 6.33 Å². The summed E-state index contributed by atoms with van der Waals surface area (Å²) in [4.78, 5) is 19.5. The van der Waals surface area contributed by atoms with Gasteiger partial charge in [-0.2, -0.15) is 0 Å². The molecule has 3 rings (SSSR count). The van der Waals surface area contributed by atoms with E-state index >= 15 is 0 Å². The van der Waals surface area contributed by atoms with Gasteiger partial charge in [0, 0.05) is 11.4 Å². The van der Waals surface area contributed by atoms with Crippen LogP contribution in [0.15, 0.2) is 18.5 Å². The number of carbonyl (C=O) groups is 1. The van der Waals surface area contributed by atoms with Gasteiger partial charge in [0.1, 0.15) is 12.1 Å². The minimum absolute atomic E-state index is 0.228. The van der Waals surface area contributed by atoms with Crippen molar-refractivity contribution in [1.29, 1.82) is 0 Å². The van der Waals surface area contributed by atoms with Crippen LogP contribution < -0.4 is 5.32 Å². The van der Waals surface area contributed by atoms with Crippen molar-refractivity contribution < 1.29 is 9.90 Å². The van der Waals surface area contributed by atoms with Gasteiger partial charge in [0.25, 0.3) is 0 Å². The summed E-state index contributed by atoms with van der Waals surface area (Å²) in [5.41, 5.74) is 1.62. The zero-order chi connectivity index (χ0) is 12.7. The minimum Gasteiger partial charge on any atom is -0.478 e. The maximum Gasteiger partial charge on any atom is 0.337 e. The minimum atomic E-state index is -0.959. The van der Waals surface area contributed by atoms with Gasteiger partial charge in [-0.1, -0.05) is 0 Å². The average Bonchev–Trinajstić information content (AvgIpc) is 3.13. The van der Waals surface area contributed by atoms with Crippen LogP contribution in [0, 0.1) is 6.92 Å². The van der Waals surface area contributed by atoms with Crippen molar-refractivity contribution in [3.8, 4) is 0 Å². The normalized spacial score (nSPS) is 14.7. The second-order valence-electron chi connectivity index (χ2n) is 4.65. The Labute approximate surface area is 104 Å². The summed E-state index contributed by atoms with van der Waals surface area (Å²) < 4.78 is 0. The number of nitrogens with one attached hydrogen (secondary N) is 1. The van der Waals surface area contributed by atoms with Gasteiger partial charge in [-0.3, -0.25) is 0 Å². The number of aryl methyl sites for hydroxylation is 1. The molecule has 92 valence electrons. The highest BCUT2D eigenvalue weighted by Gasteiger charge is 2.23. The molecule has 2 N–H and O–H groups in total. The fraction of sp³-hybridized carbons (Fsp3) is 0.308. The Hall–Kier alpha value is -2.17. The average molecular weight is 243 g/mol. The lowest BCUT2D eigenvalue weighted by atomic mass is 10.1. The molecule has 0 saturated heterocycles. The summed E-state index contributed by atoms with van der Waals surface area (Å²) in [6, 6.07) is 4.03. The number of benzene rings is 1. The summed E-state index contributed by atoms with van der Waals surface area (Å²) >= 11 is 0. The van der Waals surface area contributed by atoms with Crippen LogP contribution in [0.25, 0.3) is 10.9 Å². The molecular formula is C13H13N3O2. The van der Waals surface area contributed by atoms with E-state index in [-0.39, 0.29) is 5.56 Å². The molecule has 0 bridgehead atoms. The van der Waals surface area contributed by atoms with Crippen LogP contribution in [0.1, 0.15) is 28.8 Å². The topological polar surface area (TPSA) is 75.1 Å². The zero-order valence-electron chi connectivity index (χ0n) is 9.97. The van der Waals surface area contributed by atoms with Crippen LogP contribution in [0.4, 0.5) is 5.82 Å². The van der Waals surface area contributed by atoms with E-state index in [0.29, 0.717) is 11.6 Å². The third kappa shape index (κ3) is 1.88. The van der Waals surface area contributed by atoms with E-state index in [4.69, 9.17) is 0 Å². The summed E-state index contributed by atoms with van der Waals surface area (Å²) in [5, 5.41) is 13.3. The fourth-order valence-electron chi connectivity index (χ4n) is 2.01. The Bertz CT molecular complexity index is 635. The first-order valence-electron chi connectivity index (χ1n) is 5.90. The number of carboxylic acid groups (broad SMARTS) is 1. The van der Waals surface area contributed by atoms with E-state index in [1.54, 1.807) is 6.07 Å². The Kier molecular flexibility index (Phi) is 2.40. The van der Waals surface area contributed by atoms with Gasteiger partial charge in [-0.25, -0.2) is 14.8 Å². The summed E-state index contributed by atoms with van der Waals surface area (Å²) in [6.07, 6.45) is 3.70. The number of aromatic carboxylic acids is 1. The zero-order valence-corrected chi connectivity index (χ0v) is 9.97. The van der Waals surface area contributed by atoms with Crippen molar-refractivity contribution in [3.05, 3.63) is 29.6 Å². The first kappa shape index (κ1) is 11.0. The molecule has 1 aromatic heterocycles. The van der Waals surface area contributed by atoms with Crippen LogP contribution in [0.5, 0.6) is 0 Å². The number of nitrogens with zero attached hydrogens (tertiary/aromatic N) is 2. The molecule has 18 heavy (non-hydrogen) atoms. The number of hydrogen-bond acceptors (Lipinski definition) is 4. The molecule has 1 heterocycles. The summed E-state index contributed by atoms with van der Waals surface area (Å²) in [6.45, 7) is 1.87. The van der Waals surface area contributed by atoms with Crippen molar-refractivity contribution >= 4 is 22.7 Å². The van der Waals surface area contributed by atoms with E-state index in [9.17, 15) is 9.90 Å². The molecule has 0 atom stereocenters. The number of anilines is 1. The molecule has 0 unspecified atom stereocenters. The standard InChI is InChI=1S/C13H13N3O2/c1-7-4-9-11(10(5-7)13(17)18)14-6-15-12(9)16-8-2-3-8/h4-6,8H,2-3H2,1H3,(H,17,18)(H,14,15,16). The lowest BCUT2D eigenvalue weighted by Gasteiger charge is -2.09. The highest BCUT2D eigenvalue weighted by Crippen LogP contribution is 2.29. The van der Waals surface area contributed by atoms with E-state index < -0.39 is 5.97 Å². The quantitative estimate of drug-likeness (QED) is 0.864. The van der Waals surface area contributed by atoms with E-state index in [1.807, 2.05) is 13.0 Å². The maximum absolute atomic E-state index is 11.2. The number of rotatable bonds is 3. The largest absolute Gasteiger partial charge is 0.478 e. The molecule has 0 aliphatic heterocycles. The number of carboxylic acids is 1.